The molecule has 1 aliphatic heterocycles. The molecule has 1 aliphatic rings. The first kappa shape index (κ1) is 84.4. The lowest BCUT2D eigenvalue weighted by molar-refractivity contribution is -0.302. The van der Waals surface area contributed by atoms with E-state index in [9.17, 15) is 30.3 Å². The summed E-state index contributed by atoms with van der Waals surface area (Å²) in [5.41, 5.74) is 0. The number of aliphatic hydroxyl groups excluding tert-OH is 5. The van der Waals surface area contributed by atoms with Crippen LogP contribution in [0.2, 0.25) is 0 Å². The van der Waals surface area contributed by atoms with Crippen LogP contribution in [0.25, 0.3) is 0 Å². The molecule has 6 N–H and O–H groups in total. The summed E-state index contributed by atoms with van der Waals surface area (Å²) in [5, 5.41) is 54.8. The van der Waals surface area contributed by atoms with Crippen molar-refractivity contribution in [2.24, 2.45) is 0 Å². The number of amides is 1. The fourth-order valence-electron chi connectivity index (χ4n) is 12.0. The standard InChI is InChI=1S/C80H145NO8/c1-3-5-7-9-11-13-15-17-19-21-23-25-27-29-31-33-35-37-39-41-43-45-47-49-51-53-55-57-59-61-63-65-67-69-74(83)73(72-88-80-79(87)78(86)77(85)75(71-82)89-80)81-76(84)70-68-66-64-62-60-58-56-54-52-50-48-46-44-42-40-38-36-34-32-30-28-26-24-22-20-18-16-14-12-10-8-6-4-2/h6,8,12,14,18,20,24,26,51,53,59,61,67,69,73-75,77-80,82-83,85-87H,3-5,7,9-11,13,15-17,19,21-23,25,27-50,52,54-58,60,62-66,68,70-72H2,1-2H3,(H,81,84)/b8-6-,14-12-,20-18-,26-24-,53-51+,61-59+,69-67+. The fraction of sp³-hybridized carbons (Fsp3) is 0.812. The highest BCUT2D eigenvalue weighted by atomic mass is 16.7. The predicted molar refractivity (Wildman–Crippen MR) is 382 cm³/mol. The van der Waals surface area contributed by atoms with Gasteiger partial charge in [-0.15, -0.1) is 0 Å². The van der Waals surface area contributed by atoms with Crippen LogP contribution in [0.1, 0.15) is 361 Å². The van der Waals surface area contributed by atoms with Crippen molar-refractivity contribution < 1.29 is 39.8 Å². The Morgan fingerprint density at radius 1 is 0.393 bits per heavy atom. The molecule has 1 heterocycles. The maximum atomic E-state index is 13.2. The zero-order chi connectivity index (χ0) is 64.2. The molecule has 0 spiro atoms. The monoisotopic (exact) mass is 1250 g/mol. The smallest absolute Gasteiger partial charge is 0.220 e. The molecule has 7 unspecified atom stereocenters. The van der Waals surface area contributed by atoms with Crippen molar-refractivity contribution in [2.45, 2.75) is 403 Å². The van der Waals surface area contributed by atoms with Gasteiger partial charge in [0.15, 0.2) is 6.29 Å². The van der Waals surface area contributed by atoms with Crippen molar-refractivity contribution in [3.05, 3.63) is 85.1 Å². The van der Waals surface area contributed by atoms with Crippen LogP contribution in [0.5, 0.6) is 0 Å². The van der Waals surface area contributed by atoms with Gasteiger partial charge in [0.2, 0.25) is 5.91 Å². The highest BCUT2D eigenvalue weighted by Gasteiger charge is 2.44. The maximum absolute atomic E-state index is 13.2. The lowest BCUT2D eigenvalue weighted by Gasteiger charge is -2.40. The minimum Gasteiger partial charge on any atom is -0.394 e. The summed E-state index contributed by atoms with van der Waals surface area (Å²) in [5.74, 6) is -0.187. The average Bonchev–Trinajstić information content (AvgIpc) is 2.28. The Bertz CT molecular complexity index is 1690. The molecule has 7 atom stereocenters. The number of carbonyl (C=O) groups excluding carboxylic acids is 1. The number of aliphatic hydroxyl groups is 5. The summed E-state index contributed by atoms with van der Waals surface area (Å²) < 4.78 is 11.3. The van der Waals surface area contributed by atoms with Gasteiger partial charge >= 0.3 is 0 Å². The van der Waals surface area contributed by atoms with Crippen LogP contribution in [-0.2, 0) is 14.3 Å². The molecule has 9 heteroatoms. The molecule has 89 heavy (non-hydrogen) atoms. The molecule has 0 aromatic rings. The van der Waals surface area contributed by atoms with Gasteiger partial charge in [-0.3, -0.25) is 4.79 Å². The van der Waals surface area contributed by atoms with E-state index in [1.807, 2.05) is 6.08 Å². The first-order valence-corrected chi connectivity index (χ1v) is 38.3. The number of rotatable bonds is 67. The van der Waals surface area contributed by atoms with Gasteiger partial charge in [-0.1, -0.05) is 356 Å². The average molecular weight is 1250 g/mol. The van der Waals surface area contributed by atoms with Crippen molar-refractivity contribution in [1.29, 1.82) is 0 Å². The Hall–Kier alpha value is -2.63. The minimum absolute atomic E-state index is 0.187. The Balaban J connectivity index is 2.12. The topological polar surface area (TPSA) is 149 Å². The van der Waals surface area contributed by atoms with E-state index in [-0.39, 0.29) is 12.5 Å². The lowest BCUT2D eigenvalue weighted by Crippen LogP contribution is -2.60. The molecule has 0 aromatic carbocycles. The van der Waals surface area contributed by atoms with Crippen molar-refractivity contribution in [2.75, 3.05) is 13.2 Å². The van der Waals surface area contributed by atoms with E-state index in [1.54, 1.807) is 6.08 Å². The summed E-state index contributed by atoms with van der Waals surface area (Å²) in [7, 11) is 0. The van der Waals surface area contributed by atoms with Crippen LogP contribution in [-0.4, -0.2) is 87.5 Å². The molecule has 9 nitrogen and oxygen atoms in total. The van der Waals surface area contributed by atoms with Gasteiger partial charge in [-0.05, 0) is 83.5 Å². The number of allylic oxidation sites excluding steroid dienone is 13. The Kier molecular flexibility index (Phi) is 64.7. The fourth-order valence-corrected chi connectivity index (χ4v) is 12.0. The number of hydrogen-bond acceptors (Lipinski definition) is 8. The summed E-state index contributed by atoms with van der Waals surface area (Å²) in [6.45, 7) is 3.69. The number of ether oxygens (including phenoxy) is 2. The molecular formula is C80H145NO8. The van der Waals surface area contributed by atoms with E-state index in [2.05, 4.69) is 92.1 Å². The van der Waals surface area contributed by atoms with Gasteiger partial charge in [0, 0.05) is 6.42 Å². The molecule has 0 bridgehead atoms. The largest absolute Gasteiger partial charge is 0.394 e. The summed E-state index contributed by atoms with van der Waals surface area (Å²) in [6, 6.07) is -0.833. The Morgan fingerprint density at radius 3 is 1.08 bits per heavy atom. The van der Waals surface area contributed by atoms with Gasteiger partial charge in [0.25, 0.3) is 0 Å². The number of hydrogen-bond donors (Lipinski definition) is 6. The Labute approximate surface area is 550 Å². The zero-order valence-corrected chi connectivity index (χ0v) is 58.2. The molecule has 1 fully saturated rings. The summed E-state index contributed by atoms with van der Waals surface area (Å²) in [6.07, 6.45) is 91.5. The highest BCUT2D eigenvalue weighted by Crippen LogP contribution is 2.23. The van der Waals surface area contributed by atoms with E-state index in [0.717, 1.165) is 70.6 Å². The van der Waals surface area contributed by atoms with Crippen LogP contribution in [0.15, 0.2) is 85.1 Å². The van der Waals surface area contributed by atoms with E-state index in [4.69, 9.17) is 9.47 Å². The summed E-state index contributed by atoms with van der Waals surface area (Å²) in [4.78, 5) is 13.2. The third-order valence-electron chi connectivity index (χ3n) is 17.9. The molecular weight excluding hydrogens is 1100 g/mol. The predicted octanol–water partition coefficient (Wildman–Crippen LogP) is 21.6. The first-order chi connectivity index (χ1) is 43.8. The number of carbonyl (C=O) groups is 1. The van der Waals surface area contributed by atoms with Crippen molar-refractivity contribution in [3.63, 3.8) is 0 Å². The molecule has 1 rings (SSSR count). The molecule has 0 aliphatic carbocycles. The lowest BCUT2D eigenvalue weighted by atomic mass is 9.99. The van der Waals surface area contributed by atoms with Gasteiger partial charge in [-0.25, -0.2) is 0 Å². The van der Waals surface area contributed by atoms with Crippen LogP contribution in [0.4, 0.5) is 0 Å². The van der Waals surface area contributed by atoms with E-state index in [1.165, 1.54) is 270 Å². The van der Waals surface area contributed by atoms with Crippen LogP contribution < -0.4 is 5.32 Å². The van der Waals surface area contributed by atoms with Gasteiger partial charge in [-0.2, -0.15) is 0 Å². The molecule has 0 saturated carbocycles. The van der Waals surface area contributed by atoms with Gasteiger partial charge in [0.1, 0.15) is 24.4 Å². The first-order valence-electron chi connectivity index (χ1n) is 38.3. The molecule has 0 aromatic heterocycles. The van der Waals surface area contributed by atoms with E-state index < -0.39 is 49.5 Å². The zero-order valence-electron chi connectivity index (χ0n) is 58.2. The third kappa shape index (κ3) is 56.6. The quantitative estimate of drug-likeness (QED) is 0.0261. The van der Waals surface area contributed by atoms with Crippen molar-refractivity contribution in [3.8, 4) is 0 Å². The van der Waals surface area contributed by atoms with Crippen LogP contribution >= 0.6 is 0 Å². The second-order valence-corrected chi connectivity index (χ2v) is 26.4. The molecule has 518 valence electrons. The van der Waals surface area contributed by atoms with Crippen molar-refractivity contribution in [1.82, 2.24) is 5.32 Å². The number of nitrogens with one attached hydrogen (secondary N) is 1. The van der Waals surface area contributed by atoms with Gasteiger partial charge in [0.05, 0.1) is 25.4 Å². The van der Waals surface area contributed by atoms with Gasteiger partial charge < -0.3 is 40.3 Å². The van der Waals surface area contributed by atoms with Crippen LogP contribution in [0, 0.1) is 0 Å². The number of unbranched alkanes of at least 4 members (excludes halogenated alkanes) is 45. The minimum atomic E-state index is -1.58. The van der Waals surface area contributed by atoms with Crippen LogP contribution in [0.3, 0.4) is 0 Å². The van der Waals surface area contributed by atoms with E-state index in [0.29, 0.717) is 6.42 Å². The van der Waals surface area contributed by atoms with E-state index >= 15 is 0 Å². The molecule has 1 amide bonds. The van der Waals surface area contributed by atoms with Crippen molar-refractivity contribution >= 4 is 5.91 Å². The normalized spacial score (nSPS) is 18.3. The maximum Gasteiger partial charge on any atom is 0.220 e. The SMILES string of the molecule is CC/C=C\C/C=C\C/C=C\C/C=C\CCCCCCCCCCCCCCCCCCCCCCC(=O)NC(COC1OC(CO)C(O)C(O)C1O)C(O)/C=C/CC/C=C/CC/C=C/CCCCCCCCCCCCCCCCCCCCCCCCC. The third-order valence-corrected chi connectivity index (χ3v) is 17.9. The highest BCUT2D eigenvalue weighted by molar-refractivity contribution is 5.76. The summed E-state index contributed by atoms with van der Waals surface area (Å²) >= 11 is 0. The Morgan fingerprint density at radius 2 is 0.708 bits per heavy atom. The molecule has 0 radical (unpaired) electrons. The second kappa shape index (κ2) is 68.2. The second-order valence-electron chi connectivity index (χ2n) is 26.4. The molecule has 1 saturated heterocycles.